The van der Waals surface area contributed by atoms with Gasteiger partial charge in [-0.2, -0.15) is 16.3 Å². The van der Waals surface area contributed by atoms with Gasteiger partial charge < -0.3 is 13.9 Å². The predicted octanol–water partition coefficient (Wildman–Crippen LogP) is 3.19. The van der Waals surface area contributed by atoms with Gasteiger partial charge in [0.25, 0.3) is 5.91 Å². The number of thiophene rings is 1. The first kappa shape index (κ1) is 16.0. The zero-order valence-corrected chi connectivity index (χ0v) is 14.7. The van der Waals surface area contributed by atoms with Gasteiger partial charge in [0.1, 0.15) is 5.76 Å². The molecule has 1 aliphatic rings. The van der Waals surface area contributed by atoms with Crippen LogP contribution >= 0.6 is 11.3 Å². The van der Waals surface area contributed by atoms with Gasteiger partial charge in [0.05, 0.1) is 0 Å². The van der Waals surface area contributed by atoms with Crippen molar-refractivity contribution in [3.63, 3.8) is 0 Å². The first-order valence-electron chi connectivity index (χ1n) is 8.27. The van der Waals surface area contributed by atoms with E-state index in [1.165, 1.54) is 0 Å². The van der Waals surface area contributed by atoms with Gasteiger partial charge in [-0.15, -0.1) is 0 Å². The van der Waals surface area contributed by atoms with Gasteiger partial charge in [0, 0.05) is 36.5 Å². The Morgan fingerprint density at radius 3 is 3.08 bits per heavy atom. The molecule has 8 heteroatoms. The van der Waals surface area contributed by atoms with Crippen LogP contribution in [0.25, 0.3) is 11.4 Å². The quantitative estimate of drug-likeness (QED) is 0.712. The number of aromatic nitrogens is 3. The van der Waals surface area contributed by atoms with E-state index in [2.05, 4.69) is 15.3 Å². The Balaban J connectivity index is 1.41. The molecule has 0 spiro atoms. The van der Waals surface area contributed by atoms with Crippen LogP contribution in [0, 0.1) is 12.8 Å². The molecule has 1 amide bonds. The SMILES string of the molecule is Cc1cc(C(=O)N2CCC[C@H](Cc3nc(-c4ccsc4)no3)C2)no1. The summed E-state index contributed by atoms with van der Waals surface area (Å²) in [7, 11) is 0. The lowest BCUT2D eigenvalue weighted by Crippen LogP contribution is -2.40. The molecule has 0 N–H and O–H groups in total. The van der Waals surface area contributed by atoms with Crippen LogP contribution in [0.2, 0.25) is 0 Å². The molecule has 0 aromatic carbocycles. The molecular formula is C17H18N4O3S. The van der Waals surface area contributed by atoms with Crippen molar-refractivity contribution in [2.24, 2.45) is 5.92 Å². The van der Waals surface area contributed by atoms with Gasteiger partial charge in [-0.1, -0.05) is 10.3 Å². The summed E-state index contributed by atoms with van der Waals surface area (Å²) in [6.07, 6.45) is 2.68. The van der Waals surface area contributed by atoms with E-state index in [1.807, 2.05) is 21.7 Å². The Morgan fingerprint density at radius 1 is 1.40 bits per heavy atom. The highest BCUT2D eigenvalue weighted by atomic mass is 32.1. The van der Waals surface area contributed by atoms with Crippen LogP contribution < -0.4 is 0 Å². The second-order valence-electron chi connectivity index (χ2n) is 6.31. The van der Waals surface area contributed by atoms with Gasteiger partial charge in [-0.05, 0) is 37.1 Å². The number of rotatable bonds is 4. The highest BCUT2D eigenvalue weighted by molar-refractivity contribution is 7.08. The number of nitrogens with zero attached hydrogens (tertiary/aromatic N) is 4. The van der Waals surface area contributed by atoms with Gasteiger partial charge in [0.2, 0.25) is 11.7 Å². The number of hydrogen-bond acceptors (Lipinski definition) is 7. The van der Waals surface area contributed by atoms with Crippen molar-refractivity contribution in [3.05, 3.63) is 40.2 Å². The summed E-state index contributed by atoms with van der Waals surface area (Å²) in [5, 5.41) is 11.9. The zero-order chi connectivity index (χ0) is 17.2. The van der Waals surface area contributed by atoms with Crippen molar-refractivity contribution in [1.29, 1.82) is 0 Å². The number of amides is 1. The molecule has 130 valence electrons. The van der Waals surface area contributed by atoms with E-state index in [9.17, 15) is 4.79 Å². The number of hydrogen-bond donors (Lipinski definition) is 0. The van der Waals surface area contributed by atoms with Crippen LogP contribution in [-0.2, 0) is 6.42 Å². The van der Waals surface area contributed by atoms with Crippen LogP contribution in [0.15, 0.2) is 31.9 Å². The first-order chi connectivity index (χ1) is 12.2. The largest absolute Gasteiger partial charge is 0.361 e. The molecule has 1 aliphatic heterocycles. The van der Waals surface area contributed by atoms with E-state index in [0.29, 0.717) is 42.1 Å². The number of likely N-dealkylation sites (tertiary alicyclic amines) is 1. The van der Waals surface area contributed by atoms with Crippen molar-refractivity contribution in [3.8, 4) is 11.4 Å². The Hall–Kier alpha value is -2.48. The van der Waals surface area contributed by atoms with E-state index in [1.54, 1.807) is 24.3 Å². The maximum absolute atomic E-state index is 12.5. The van der Waals surface area contributed by atoms with E-state index in [4.69, 9.17) is 9.05 Å². The number of carbonyl (C=O) groups excluding carboxylic acids is 1. The van der Waals surface area contributed by atoms with Crippen molar-refractivity contribution in [1.82, 2.24) is 20.2 Å². The lowest BCUT2D eigenvalue weighted by Gasteiger charge is -2.31. The molecular weight excluding hydrogens is 340 g/mol. The Labute approximate surface area is 148 Å². The lowest BCUT2D eigenvalue weighted by molar-refractivity contribution is 0.0657. The van der Waals surface area contributed by atoms with E-state index < -0.39 is 0 Å². The average molecular weight is 358 g/mol. The Bertz CT molecular complexity index is 855. The second kappa shape index (κ2) is 6.79. The minimum atomic E-state index is -0.0777. The summed E-state index contributed by atoms with van der Waals surface area (Å²) in [6, 6.07) is 3.65. The van der Waals surface area contributed by atoms with Crippen LogP contribution in [0.1, 0.15) is 35.0 Å². The van der Waals surface area contributed by atoms with E-state index >= 15 is 0 Å². The topological polar surface area (TPSA) is 85.3 Å². The molecule has 3 aromatic rings. The monoisotopic (exact) mass is 358 g/mol. The molecule has 25 heavy (non-hydrogen) atoms. The van der Waals surface area contributed by atoms with Gasteiger partial charge in [-0.25, -0.2) is 0 Å². The lowest BCUT2D eigenvalue weighted by atomic mass is 9.94. The van der Waals surface area contributed by atoms with Crippen LogP contribution in [0.5, 0.6) is 0 Å². The van der Waals surface area contributed by atoms with Gasteiger partial charge >= 0.3 is 0 Å². The molecule has 1 atom stereocenters. The molecule has 4 rings (SSSR count). The molecule has 0 aliphatic carbocycles. The number of aryl methyl sites for hydroxylation is 1. The summed E-state index contributed by atoms with van der Waals surface area (Å²) in [6.45, 7) is 3.19. The summed E-state index contributed by atoms with van der Waals surface area (Å²) in [5.74, 6) is 2.12. The van der Waals surface area contributed by atoms with Gasteiger partial charge in [0.15, 0.2) is 5.69 Å². The summed E-state index contributed by atoms with van der Waals surface area (Å²) in [5.41, 5.74) is 1.34. The zero-order valence-electron chi connectivity index (χ0n) is 13.8. The van der Waals surface area contributed by atoms with Crippen LogP contribution in [0.3, 0.4) is 0 Å². The maximum atomic E-state index is 12.5. The molecule has 0 unspecified atom stereocenters. The summed E-state index contributed by atoms with van der Waals surface area (Å²) in [4.78, 5) is 18.8. The smallest absolute Gasteiger partial charge is 0.276 e. The molecule has 1 fully saturated rings. The number of piperidine rings is 1. The maximum Gasteiger partial charge on any atom is 0.276 e. The highest BCUT2D eigenvalue weighted by Gasteiger charge is 2.27. The third-order valence-electron chi connectivity index (χ3n) is 4.36. The molecule has 1 saturated heterocycles. The second-order valence-corrected chi connectivity index (χ2v) is 7.09. The Morgan fingerprint density at radius 2 is 2.32 bits per heavy atom. The van der Waals surface area contributed by atoms with Crippen molar-refractivity contribution >= 4 is 17.2 Å². The third-order valence-corrected chi connectivity index (χ3v) is 5.05. The van der Waals surface area contributed by atoms with Crippen LogP contribution in [-0.4, -0.2) is 39.2 Å². The van der Waals surface area contributed by atoms with Crippen LogP contribution in [0.4, 0.5) is 0 Å². The molecule has 3 aromatic heterocycles. The Kier molecular flexibility index (Phi) is 4.35. The third kappa shape index (κ3) is 3.48. The molecule has 0 radical (unpaired) electrons. The minimum Gasteiger partial charge on any atom is -0.361 e. The summed E-state index contributed by atoms with van der Waals surface area (Å²) < 4.78 is 10.4. The van der Waals surface area contributed by atoms with Gasteiger partial charge in [-0.3, -0.25) is 4.79 Å². The molecule has 0 saturated carbocycles. The fourth-order valence-electron chi connectivity index (χ4n) is 3.14. The molecule has 4 heterocycles. The predicted molar refractivity (Wildman–Crippen MR) is 91.2 cm³/mol. The normalized spacial score (nSPS) is 17.8. The minimum absolute atomic E-state index is 0.0777. The fourth-order valence-corrected chi connectivity index (χ4v) is 3.77. The average Bonchev–Trinajstić information content (AvgIpc) is 3.35. The van der Waals surface area contributed by atoms with E-state index in [-0.39, 0.29) is 5.91 Å². The first-order valence-corrected chi connectivity index (χ1v) is 9.21. The fraction of sp³-hybridized carbons (Fsp3) is 0.412. The van der Waals surface area contributed by atoms with E-state index in [0.717, 1.165) is 24.9 Å². The standard InChI is InChI=1S/C17H18N4O3S/c1-11-7-14(19-23-11)17(22)21-5-2-3-12(9-21)8-15-18-16(20-24-15)13-4-6-25-10-13/h4,6-7,10,12H,2-3,5,8-9H2,1H3/t12-/m1/s1. The van der Waals surface area contributed by atoms with Crippen molar-refractivity contribution in [2.75, 3.05) is 13.1 Å². The molecule has 0 bridgehead atoms. The summed E-state index contributed by atoms with van der Waals surface area (Å²) >= 11 is 1.60. The van der Waals surface area contributed by atoms with Crippen molar-refractivity contribution < 1.29 is 13.8 Å². The van der Waals surface area contributed by atoms with Crippen molar-refractivity contribution in [2.45, 2.75) is 26.2 Å². The molecule has 7 nitrogen and oxygen atoms in total. The number of carbonyl (C=O) groups is 1. The highest BCUT2D eigenvalue weighted by Crippen LogP contribution is 2.24.